The van der Waals surface area contributed by atoms with E-state index in [1.165, 1.54) is 42.5 Å². The number of nitrogens with zero attached hydrogens (tertiary/aromatic N) is 3. The third-order valence-corrected chi connectivity index (χ3v) is 5.73. The van der Waals surface area contributed by atoms with E-state index in [1.54, 1.807) is 24.3 Å². The van der Waals surface area contributed by atoms with Gasteiger partial charge in [0.1, 0.15) is 11.8 Å². The summed E-state index contributed by atoms with van der Waals surface area (Å²) in [7, 11) is 0. The van der Waals surface area contributed by atoms with Gasteiger partial charge in [-0.1, -0.05) is 47.5 Å². The van der Waals surface area contributed by atoms with Crippen LogP contribution in [0, 0.1) is 11.3 Å². The van der Waals surface area contributed by atoms with Crippen LogP contribution in [-0.4, -0.2) is 20.8 Å². The molecule has 1 heterocycles. The molecular weight excluding hydrogens is 516 g/mol. The van der Waals surface area contributed by atoms with Gasteiger partial charge in [-0.25, -0.2) is 4.68 Å². The maximum absolute atomic E-state index is 13.4. The molecule has 0 spiro atoms. The number of aliphatic hydroxyl groups is 1. The van der Waals surface area contributed by atoms with E-state index in [9.17, 15) is 23.1 Å². The van der Waals surface area contributed by atoms with Crippen molar-refractivity contribution >= 4 is 34.8 Å². The summed E-state index contributed by atoms with van der Waals surface area (Å²) >= 11 is 12.1. The van der Waals surface area contributed by atoms with Crippen LogP contribution in [0.1, 0.15) is 39.0 Å². The first-order valence-electron chi connectivity index (χ1n) is 10.3. The Labute approximate surface area is 213 Å². The van der Waals surface area contributed by atoms with Crippen LogP contribution in [0.5, 0.6) is 0 Å². The van der Waals surface area contributed by atoms with Crippen molar-refractivity contribution in [3.8, 4) is 11.8 Å². The largest absolute Gasteiger partial charge is 0.435 e. The van der Waals surface area contributed by atoms with E-state index in [1.807, 2.05) is 6.07 Å². The van der Waals surface area contributed by atoms with Gasteiger partial charge in [-0.05, 0) is 48.0 Å². The van der Waals surface area contributed by atoms with Crippen molar-refractivity contribution in [2.24, 2.45) is 0 Å². The van der Waals surface area contributed by atoms with Crippen LogP contribution in [0.4, 0.5) is 18.9 Å². The molecule has 2 N–H and O–H groups in total. The zero-order chi connectivity index (χ0) is 26.0. The summed E-state index contributed by atoms with van der Waals surface area (Å²) in [6.07, 6.45) is -5.95. The zero-order valence-electron chi connectivity index (χ0n) is 18.1. The molecule has 1 aromatic heterocycles. The fourth-order valence-corrected chi connectivity index (χ4v) is 3.98. The van der Waals surface area contributed by atoms with Gasteiger partial charge in [-0.2, -0.15) is 23.5 Å². The maximum Gasteiger partial charge on any atom is 0.435 e. The highest BCUT2D eigenvalue weighted by atomic mass is 35.5. The van der Waals surface area contributed by atoms with Crippen molar-refractivity contribution in [3.63, 3.8) is 0 Å². The second-order valence-corrected chi connectivity index (χ2v) is 8.48. The summed E-state index contributed by atoms with van der Waals surface area (Å²) < 4.78 is 41.0. The number of alkyl halides is 3. The molecule has 0 aliphatic carbocycles. The minimum atomic E-state index is -4.80. The number of carbonyl (C=O) groups excluding carboxylic acids is 1. The first kappa shape index (κ1) is 25.3. The van der Waals surface area contributed by atoms with E-state index in [0.29, 0.717) is 22.2 Å². The average Bonchev–Trinajstić information content (AvgIpc) is 3.30. The second kappa shape index (κ2) is 10.0. The number of benzene rings is 3. The van der Waals surface area contributed by atoms with Gasteiger partial charge in [0.25, 0.3) is 5.91 Å². The van der Waals surface area contributed by atoms with E-state index >= 15 is 0 Å². The number of hydrogen-bond acceptors (Lipinski definition) is 4. The Morgan fingerprint density at radius 3 is 2.50 bits per heavy atom. The van der Waals surface area contributed by atoms with Gasteiger partial charge in [0.15, 0.2) is 5.69 Å². The van der Waals surface area contributed by atoms with Gasteiger partial charge < -0.3 is 10.4 Å². The number of amides is 1. The normalized spacial score (nSPS) is 12.1. The van der Waals surface area contributed by atoms with E-state index < -0.39 is 29.6 Å². The quantitative estimate of drug-likeness (QED) is 0.312. The molecule has 3 aromatic carbocycles. The molecule has 0 fully saturated rings. The number of anilines is 1. The summed E-state index contributed by atoms with van der Waals surface area (Å²) in [5.41, 5.74) is -0.394. The molecule has 0 aliphatic heterocycles. The molecule has 182 valence electrons. The second-order valence-electron chi connectivity index (χ2n) is 7.63. The highest BCUT2D eigenvalue weighted by molar-refractivity contribution is 6.35. The lowest BCUT2D eigenvalue weighted by Gasteiger charge is -2.15. The number of rotatable bonds is 5. The fourth-order valence-electron chi connectivity index (χ4n) is 3.47. The monoisotopic (exact) mass is 530 g/mol. The van der Waals surface area contributed by atoms with Crippen LogP contribution in [-0.2, 0) is 6.18 Å². The van der Waals surface area contributed by atoms with Gasteiger partial charge in [-0.15, -0.1) is 0 Å². The molecular formula is C25H15Cl2F3N4O2. The Morgan fingerprint density at radius 2 is 1.81 bits per heavy atom. The van der Waals surface area contributed by atoms with E-state index in [4.69, 9.17) is 28.5 Å². The number of nitrogens with one attached hydrogen (secondary N) is 1. The number of nitriles is 1. The molecule has 11 heteroatoms. The smallest absolute Gasteiger partial charge is 0.384 e. The number of hydrogen-bond donors (Lipinski definition) is 2. The van der Waals surface area contributed by atoms with Gasteiger partial charge >= 0.3 is 6.18 Å². The SMILES string of the molecule is N#Cc1cccc(-n2nc(C(F)(F)F)cc2C(=O)Nc2cccc(C(O)c3ccc(Cl)cc3Cl)c2)c1. The highest BCUT2D eigenvalue weighted by Gasteiger charge is 2.36. The Hall–Kier alpha value is -3.84. The lowest BCUT2D eigenvalue weighted by molar-refractivity contribution is -0.141. The summed E-state index contributed by atoms with van der Waals surface area (Å²) in [5.74, 6) is -0.878. The van der Waals surface area contributed by atoms with E-state index in [-0.39, 0.29) is 22.0 Å². The van der Waals surface area contributed by atoms with Crippen molar-refractivity contribution in [2.75, 3.05) is 5.32 Å². The number of aliphatic hydroxyl groups excluding tert-OH is 1. The lowest BCUT2D eigenvalue weighted by Crippen LogP contribution is -2.17. The van der Waals surface area contributed by atoms with Crippen LogP contribution in [0.2, 0.25) is 10.0 Å². The standard InChI is InChI=1S/C25H15Cl2F3N4O2/c26-16-7-8-19(20(27)11-16)23(35)15-4-2-5-17(10-15)32-24(36)21-12-22(25(28,29)30)33-34(21)18-6-1-3-14(9-18)13-31/h1-12,23,35H,(H,32,36). The molecule has 0 saturated carbocycles. The van der Waals surface area contributed by atoms with Crippen LogP contribution >= 0.6 is 23.2 Å². The Kier molecular flexibility index (Phi) is 7.04. The molecule has 4 aromatic rings. The molecule has 0 bridgehead atoms. The Morgan fingerprint density at radius 1 is 1.06 bits per heavy atom. The van der Waals surface area contributed by atoms with E-state index in [0.717, 1.165) is 4.68 Å². The summed E-state index contributed by atoms with van der Waals surface area (Å²) in [5, 5.41) is 26.6. The lowest BCUT2D eigenvalue weighted by atomic mass is 10.0. The number of aromatic nitrogens is 2. The highest BCUT2D eigenvalue weighted by Crippen LogP contribution is 2.32. The van der Waals surface area contributed by atoms with Gasteiger partial charge in [0.2, 0.25) is 0 Å². The molecule has 0 aliphatic rings. The van der Waals surface area contributed by atoms with Gasteiger partial charge in [0, 0.05) is 27.4 Å². The molecule has 36 heavy (non-hydrogen) atoms. The molecule has 6 nitrogen and oxygen atoms in total. The minimum absolute atomic E-state index is 0.108. The van der Waals surface area contributed by atoms with E-state index in [2.05, 4.69) is 10.4 Å². The molecule has 0 radical (unpaired) electrons. The Balaban J connectivity index is 1.67. The molecule has 1 amide bonds. The maximum atomic E-state index is 13.4. The van der Waals surface area contributed by atoms with Crippen LogP contribution in [0.25, 0.3) is 5.69 Å². The van der Waals surface area contributed by atoms with Gasteiger partial charge in [0.05, 0.1) is 17.3 Å². The number of carbonyl (C=O) groups is 1. The zero-order valence-corrected chi connectivity index (χ0v) is 19.6. The molecule has 1 atom stereocenters. The van der Waals surface area contributed by atoms with Gasteiger partial charge in [-0.3, -0.25) is 4.79 Å². The van der Waals surface area contributed by atoms with Crippen LogP contribution in [0.15, 0.2) is 72.8 Å². The predicted octanol–water partition coefficient (Wildman–Crippen LogP) is 6.40. The van der Waals surface area contributed by atoms with Crippen molar-refractivity contribution < 1.29 is 23.1 Å². The van der Waals surface area contributed by atoms with Crippen molar-refractivity contribution in [3.05, 3.63) is 111 Å². The molecule has 1 unspecified atom stereocenters. The summed E-state index contributed by atoms with van der Waals surface area (Å²) in [6, 6.07) is 19.0. The molecule has 0 saturated heterocycles. The van der Waals surface area contributed by atoms with Crippen molar-refractivity contribution in [1.29, 1.82) is 5.26 Å². The van der Waals surface area contributed by atoms with Crippen LogP contribution in [0.3, 0.4) is 0 Å². The van der Waals surface area contributed by atoms with Crippen LogP contribution < -0.4 is 5.32 Å². The first-order valence-corrected chi connectivity index (χ1v) is 11.0. The minimum Gasteiger partial charge on any atom is -0.384 e. The van der Waals surface area contributed by atoms with Crippen molar-refractivity contribution in [1.82, 2.24) is 9.78 Å². The third-order valence-electron chi connectivity index (χ3n) is 5.17. The topological polar surface area (TPSA) is 90.9 Å². The number of halogens is 5. The Bertz CT molecular complexity index is 1500. The molecule has 4 rings (SSSR count). The fraction of sp³-hybridized carbons (Fsp3) is 0.0800. The summed E-state index contributed by atoms with van der Waals surface area (Å²) in [4.78, 5) is 13.0. The third kappa shape index (κ3) is 5.36. The predicted molar refractivity (Wildman–Crippen MR) is 128 cm³/mol. The average molecular weight is 531 g/mol. The summed E-state index contributed by atoms with van der Waals surface area (Å²) in [6.45, 7) is 0. The first-order chi connectivity index (χ1) is 17.1. The van der Waals surface area contributed by atoms with Crippen molar-refractivity contribution in [2.45, 2.75) is 12.3 Å².